The summed E-state index contributed by atoms with van der Waals surface area (Å²) in [7, 11) is 0. The molecule has 21 heavy (non-hydrogen) atoms. The van der Waals surface area contributed by atoms with Crippen LogP contribution < -0.4 is 5.56 Å². The minimum absolute atomic E-state index is 0.0973. The average Bonchev–Trinajstić information content (AvgIpc) is 2.44. The Labute approximate surface area is 132 Å². The number of nitriles is 1. The molecule has 0 fully saturated rings. The van der Waals surface area contributed by atoms with Gasteiger partial charge in [0.15, 0.2) is 0 Å². The molecule has 0 unspecified atom stereocenters. The van der Waals surface area contributed by atoms with E-state index in [4.69, 9.17) is 28.5 Å². The molecule has 0 atom stereocenters. The van der Waals surface area contributed by atoms with E-state index in [9.17, 15) is 4.79 Å². The van der Waals surface area contributed by atoms with Crippen LogP contribution in [0.5, 0.6) is 0 Å². The molecule has 106 valence electrons. The van der Waals surface area contributed by atoms with E-state index >= 15 is 0 Å². The molecule has 0 aliphatic carbocycles. The number of hydrogen-bond donors (Lipinski definition) is 0. The third kappa shape index (κ3) is 3.18. The Morgan fingerprint density at radius 3 is 2.57 bits per heavy atom. The standard InChI is InChI=1S/C16H12Cl2N2O/c1-10(2)9-20-15(6-4-12(8-19)16(20)21)11-3-5-13(17)14(18)7-11/h3-7H,1,9H2,2H3. The SMILES string of the molecule is C=C(C)Cn1c(-c2ccc(Cl)c(Cl)c2)ccc(C#N)c1=O. The number of allylic oxidation sites excluding steroid dienone is 1. The minimum Gasteiger partial charge on any atom is -0.303 e. The summed E-state index contributed by atoms with van der Waals surface area (Å²) in [5.74, 6) is 0. The number of aromatic nitrogens is 1. The number of hydrogen-bond acceptors (Lipinski definition) is 2. The molecule has 2 aromatic rings. The molecule has 0 saturated heterocycles. The second-order valence-corrected chi connectivity index (χ2v) is 5.54. The summed E-state index contributed by atoms with van der Waals surface area (Å²) in [5.41, 5.74) is 1.99. The van der Waals surface area contributed by atoms with Crippen LogP contribution in [0.25, 0.3) is 11.3 Å². The zero-order chi connectivity index (χ0) is 15.6. The third-order valence-corrected chi connectivity index (χ3v) is 3.68. The molecular formula is C16H12Cl2N2O. The summed E-state index contributed by atoms with van der Waals surface area (Å²) in [6.07, 6.45) is 0. The van der Waals surface area contributed by atoms with Crippen molar-refractivity contribution < 1.29 is 0 Å². The van der Waals surface area contributed by atoms with E-state index in [1.165, 1.54) is 10.6 Å². The van der Waals surface area contributed by atoms with E-state index in [1.54, 1.807) is 24.3 Å². The summed E-state index contributed by atoms with van der Waals surface area (Å²) in [6.45, 7) is 5.98. The van der Waals surface area contributed by atoms with Crippen LogP contribution in [-0.4, -0.2) is 4.57 Å². The van der Waals surface area contributed by atoms with Gasteiger partial charge in [0, 0.05) is 6.54 Å². The summed E-state index contributed by atoms with van der Waals surface area (Å²) in [6, 6.07) is 10.3. The van der Waals surface area contributed by atoms with Gasteiger partial charge >= 0.3 is 0 Å². The number of benzene rings is 1. The Bertz CT molecular complexity index is 816. The van der Waals surface area contributed by atoms with E-state index in [0.717, 1.165) is 11.1 Å². The first-order valence-electron chi connectivity index (χ1n) is 6.17. The topological polar surface area (TPSA) is 45.8 Å². The Hall–Kier alpha value is -2.02. The molecule has 1 heterocycles. The van der Waals surface area contributed by atoms with Crippen LogP contribution in [0.2, 0.25) is 10.0 Å². The van der Waals surface area contributed by atoms with Gasteiger partial charge in [-0.15, -0.1) is 0 Å². The van der Waals surface area contributed by atoms with Crippen molar-refractivity contribution in [3.05, 3.63) is 68.4 Å². The van der Waals surface area contributed by atoms with Crippen LogP contribution in [0, 0.1) is 11.3 Å². The average molecular weight is 319 g/mol. The Kier molecular flexibility index (Phi) is 4.52. The number of rotatable bonds is 3. The van der Waals surface area contributed by atoms with Crippen molar-refractivity contribution in [2.45, 2.75) is 13.5 Å². The van der Waals surface area contributed by atoms with Gasteiger partial charge in [0.2, 0.25) is 0 Å². The van der Waals surface area contributed by atoms with Gasteiger partial charge in [-0.1, -0.05) is 41.4 Å². The molecule has 1 aromatic carbocycles. The Balaban J connectivity index is 2.70. The molecule has 0 aliphatic heterocycles. The van der Waals surface area contributed by atoms with Crippen LogP contribution in [0.15, 0.2) is 47.3 Å². The zero-order valence-corrected chi connectivity index (χ0v) is 12.9. The largest absolute Gasteiger partial charge is 0.303 e. The maximum Gasteiger partial charge on any atom is 0.269 e. The van der Waals surface area contributed by atoms with E-state index in [-0.39, 0.29) is 11.1 Å². The van der Waals surface area contributed by atoms with Gasteiger partial charge in [0.25, 0.3) is 5.56 Å². The van der Waals surface area contributed by atoms with Crippen LogP contribution in [0.1, 0.15) is 12.5 Å². The number of pyridine rings is 1. The van der Waals surface area contributed by atoms with E-state index in [2.05, 4.69) is 6.58 Å². The van der Waals surface area contributed by atoms with Crippen LogP contribution >= 0.6 is 23.2 Å². The van der Waals surface area contributed by atoms with Crippen molar-refractivity contribution in [3.63, 3.8) is 0 Å². The Morgan fingerprint density at radius 1 is 1.29 bits per heavy atom. The molecule has 0 amide bonds. The predicted octanol–water partition coefficient (Wildman–Crippen LogP) is 4.27. The van der Waals surface area contributed by atoms with Gasteiger partial charge in [-0.25, -0.2) is 0 Å². The van der Waals surface area contributed by atoms with E-state index in [0.29, 0.717) is 22.3 Å². The number of halogens is 2. The molecule has 0 N–H and O–H groups in total. The fourth-order valence-corrected chi connectivity index (χ4v) is 2.30. The molecule has 5 heteroatoms. The Morgan fingerprint density at radius 2 is 2.00 bits per heavy atom. The highest BCUT2D eigenvalue weighted by Gasteiger charge is 2.11. The first kappa shape index (κ1) is 15.4. The van der Waals surface area contributed by atoms with Gasteiger partial charge in [-0.05, 0) is 36.8 Å². The van der Waals surface area contributed by atoms with Crippen LogP contribution in [0.3, 0.4) is 0 Å². The normalized spacial score (nSPS) is 10.2. The van der Waals surface area contributed by atoms with Gasteiger partial charge < -0.3 is 4.57 Å². The quantitative estimate of drug-likeness (QED) is 0.793. The zero-order valence-electron chi connectivity index (χ0n) is 11.4. The minimum atomic E-state index is -0.343. The third-order valence-electron chi connectivity index (χ3n) is 2.94. The van der Waals surface area contributed by atoms with Crippen molar-refractivity contribution in [2.24, 2.45) is 0 Å². The molecule has 1 aromatic heterocycles. The highest BCUT2D eigenvalue weighted by Crippen LogP contribution is 2.28. The highest BCUT2D eigenvalue weighted by atomic mass is 35.5. The van der Waals surface area contributed by atoms with Gasteiger partial charge in [-0.3, -0.25) is 4.79 Å². The lowest BCUT2D eigenvalue weighted by atomic mass is 10.1. The predicted molar refractivity (Wildman–Crippen MR) is 85.7 cm³/mol. The molecule has 0 bridgehead atoms. The molecular weight excluding hydrogens is 307 g/mol. The molecule has 0 spiro atoms. The lowest BCUT2D eigenvalue weighted by Gasteiger charge is -2.14. The maximum atomic E-state index is 12.3. The first-order chi connectivity index (χ1) is 9.93. The van der Waals surface area contributed by atoms with Crippen molar-refractivity contribution in [2.75, 3.05) is 0 Å². The lowest BCUT2D eigenvalue weighted by molar-refractivity contribution is 0.755. The van der Waals surface area contributed by atoms with Gasteiger partial charge in [-0.2, -0.15) is 5.26 Å². The molecule has 2 rings (SSSR count). The second kappa shape index (κ2) is 6.17. The number of nitrogens with zero attached hydrogens (tertiary/aromatic N) is 2. The molecule has 0 radical (unpaired) electrons. The maximum absolute atomic E-state index is 12.3. The fourth-order valence-electron chi connectivity index (χ4n) is 2.00. The van der Waals surface area contributed by atoms with Crippen molar-refractivity contribution >= 4 is 23.2 Å². The summed E-state index contributed by atoms with van der Waals surface area (Å²) >= 11 is 11.9. The molecule has 3 nitrogen and oxygen atoms in total. The molecule has 0 aliphatic rings. The summed E-state index contributed by atoms with van der Waals surface area (Å²) in [5, 5.41) is 9.85. The smallest absolute Gasteiger partial charge is 0.269 e. The molecule has 0 saturated carbocycles. The van der Waals surface area contributed by atoms with E-state index < -0.39 is 0 Å². The first-order valence-corrected chi connectivity index (χ1v) is 6.93. The van der Waals surface area contributed by atoms with Crippen molar-refractivity contribution in [1.82, 2.24) is 4.57 Å². The van der Waals surface area contributed by atoms with E-state index in [1.807, 2.05) is 13.0 Å². The van der Waals surface area contributed by atoms with Crippen LogP contribution in [-0.2, 0) is 6.54 Å². The summed E-state index contributed by atoms with van der Waals surface area (Å²) in [4.78, 5) is 12.3. The lowest BCUT2D eigenvalue weighted by Crippen LogP contribution is -2.24. The van der Waals surface area contributed by atoms with Crippen molar-refractivity contribution in [3.8, 4) is 17.3 Å². The van der Waals surface area contributed by atoms with Gasteiger partial charge in [0.05, 0.1) is 15.7 Å². The highest BCUT2D eigenvalue weighted by molar-refractivity contribution is 6.42. The van der Waals surface area contributed by atoms with Gasteiger partial charge in [0.1, 0.15) is 11.6 Å². The fraction of sp³-hybridized carbons (Fsp3) is 0.125. The monoisotopic (exact) mass is 318 g/mol. The summed E-state index contributed by atoms with van der Waals surface area (Å²) < 4.78 is 1.51. The second-order valence-electron chi connectivity index (χ2n) is 4.72. The van der Waals surface area contributed by atoms with Crippen molar-refractivity contribution in [1.29, 1.82) is 5.26 Å². The van der Waals surface area contributed by atoms with Crippen LogP contribution in [0.4, 0.5) is 0 Å².